The predicted octanol–water partition coefficient (Wildman–Crippen LogP) is 2.91. The summed E-state index contributed by atoms with van der Waals surface area (Å²) in [5.74, 6) is -0.140. The van der Waals surface area contributed by atoms with Crippen LogP contribution < -0.4 is 14.7 Å². The van der Waals surface area contributed by atoms with Crippen LogP contribution in [0.5, 0.6) is 0 Å². The number of hydrogen-bond acceptors (Lipinski definition) is 3. The molecule has 2 amide bonds. The Hall–Kier alpha value is -2.82. The van der Waals surface area contributed by atoms with E-state index in [0.29, 0.717) is 11.6 Å². The molecular formula is C20H21N3O2. The summed E-state index contributed by atoms with van der Waals surface area (Å²) in [6.07, 6.45) is 2.08. The zero-order valence-electron chi connectivity index (χ0n) is 14.5. The molecule has 0 aromatic heterocycles. The lowest BCUT2D eigenvalue weighted by atomic mass is 10.1. The quantitative estimate of drug-likeness (QED) is 0.866. The molecule has 25 heavy (non-hydrogen) atoms. The van der Waals surface area contributed by atoms with Crippen LogP contribution in [0, 0.1) is 0 Å². The van der Waals surface area contributed by atoms with E-state index in [-0.39, 0.29) is 18.4 Å². The Morgan fingerprint density at radius 2 is 1.76 bits per heavy atom. The molecule has 2 aromatic rings. The number of benzene rings is 2. The van der Waals surface area contributed by atoms with Crippen molar-refractivity contribution < 1.29 is 9.59 Å². The first-order valence-corrected chi connectivity index (χ1v) is 8.56. The summed E-state index contributed by atoms with van der Waals surface area (Å²) >= 11 is 0. The Bertz CT molecular complexity index is 842. The summed E-state index contributed by atoms with van der Waals surface area (Å²) in [7, 11) is 3.88. The van der Waals surface area contributed by atoms with Crippen LogP contribution in [-0.4, -0.2) is 38.5 Å². The van der Waals surface area contributed by atoms with Crippen molar-refractivity contribution in [2.75, 3.05) is 35.3 Å². The normalized spacial score (nSPS) is 16.6. The highest BCUT2D eigenvalue weighted by molar-refractivity contribution is 6.16. The number of rotatable bonds is 3. The van der Waals surface area contributed by atoms with Gasteiger partial charge in [-0.3, -0.25) is 14.5 Å². The average molecular weight is 335 g/mol. The summed E-state index contributed by atoms with van der Waals surface area (Å²) in [4.78, 5) is 31.2. The van der Waals surface area contributed by atoms with Crippen LogP contribution in [-0.2, 0) is 4.79 Å². The number of para-hydroxylation sites is 2. The average Bonchev–Trinajstić information content (AvgIpc) is 3.45. The molecule has 1 aliphatic heterocycles. The summed E-state index contributed by atoms with van der Waals surface area (Å²) in [6.45, 7) is 0.0958. The van der Waals surface area contributed by atoms with Gasteiger partial charge in [0.05, 0.1) is 11.4 Å². The first-order chi connectivity index (χ1) is 12.1. The minimum Gasteiger partial charge on any atom is -0.378 e. The van der Waals surface area contributed by atoms with E-state index in [2.05, 4.69) is 0 Å². The van der Waals surface area contributed by atoms with Crippen LogP contribution in [0.1, 0.15) is 23.2 Å². The number of nitrogens with zero attached hydrogens (tertiary/aromatic N) is 3. The summed E-state index contributed by atoms with van der Waals surface area (Å²) in [5, 5.41) is 0. The fraction of sp³-hybridized carbons (Fsp3) is 0.300. The largest absolute Gasteiger partial charge is 0.378 e. The van der Waals surface area contributed by atoms with Gasteiger partial charge in [0, 0.05) is 31.4 Å². The molecule has 0 N–H and O–H groups in total. The van der Waals surface area contributed by atoms with Gasteiger partial charge in [-0.05, 0) is 43.2 Å². The van der Waals surface area contributed by atoms with E-state index < -0.39 is 0 Å². The van der Waals surface area contributed by atoms with Gasteiger partial charge in [-0.15, -0.1) is 0 Å². The molecule has 0 saturated heterocycles. The number of hydrogen-bond donors (Lipinski definition) is 0. The molecule has 1 heterocycles. The van der Waals surface area contributed by atoms with Gasteiger partial charge >= 0.3 is 0 Å². The highest BCUT2D eigenvalue weighted by Gasteiger charge is 2.40. The zero-order valence-corrected chi connectivity index (χ0v) is 14.5. The van der Waals surface area contributed by atoms with Crippen molar-refractivity contribution in [1.82, 2.24) is 0 Å². The van der Waals surface area contributed by atoms with Gasteiger partial charge in [-0.1, -0.05) is 18.2 Å². The van der Waals surface area contributed by atoms with Crippen molar-refractivity contribution in [3.63, 3.8) is 0 Å². The highest BCUT2D eigenvalue weighted by atomic mass is 16.2. The fourth-order valence-electron chi connectivity index (χ4n) is 3.31. The van der Waals surface area contributed by atoms with E-state index >= 15 is 0 Å². The molecule has 5 nitrogen and oxygen atoms in total. The van der Waals surface area contributed by atoms with Gasteiger partial charge in [-0.2, -0.15) is 0 Å². The Labute approximate surface area is 147 Å². The van der Waals surface area contributed by atoms with Crippen LogP contribution >= 0.6 is 0 Å². The molecule has 4 rings (SSSR count). The molecule has 0 radical (unpaired) electrons. The SMILES string of the molecule is CN(C)c1cccc(C(=O)N2CC(=O)N(C3CC3)c3ccccc32)c1. The second kappa shape index (κ2) is 5.92. The zero-order chi connectivity index (χ0) is 17.6. The number of carbonyl (C=O) groups is 2. The maximum atomic E-state index is 13.1. The second-order valence-electron chi connectivity index (χ2n) is 6.82. The molecule has 5 heteroatoms. The maximum Gasteiger partial charge on any atom is 0.258 e. The molecule has 0 unspecified atom stereocenters. The summed E-state index contributed by atoms with van der Waals surface area (Å²) < 4.78 is 0. The van der Waals surface area contributed by atoms with Crippen molar-refractivity contribution in [2.45, 2.75) is 18.9 Å². The van der Waals surface area contributed by atoms with Crippen LogP contribution in [0.25, 0.3) is 0 Å². The van der Waals surface area contributed by atoms with Crippen molar-refractivity contribution >= 4 is 28.9 Å². The monoisotopic (exact) mass is 335 g/mol. The van der Waals surface area contributed by atoms with Crippen LogP contribution in [0.3, 0.4) is 0 Å². The van der Waals surface area contributed by atoms with Gasteiger partial charge < -0.3 is 9.80 Å². The predicted molar refractivity (Wildman–Crippen MR) is 99.4 cm³/mol. The van der Waals surface area contributed by atoms with E-state index in [1.165, 1.54) is 0 Å². The van der Waals surface area contributed by atoms with E-state index in [9.17, 15) is 9.59 Å². The van der Waals surface area contributed by atoms with E-state index in [1.54, 1.807) is 11.0 Å². The number of carbonyl (C=O) groups excluding carboxylic acids is 2. The standard InChI is InChI=1S/C20H21N3O2/c1-21(2)16-7-5-6-14(12-16)20(25)22-13-19(24)23(15-10-11-15)18-9-4-3-8-17(18)22/h3-9,12,15H,10-11,13H2,1-2H3. The lowest BCUT2D eigenvalue weighted by Gasteiger charge is -2.36. The van der Waals surface area contributed by atoms with Gasteiger partial charge in [0.2, 0.25) is 5.91 Å². The molecule has 128 valence electrons. The van der Waals surface area contributed by atoms with Gasteiger partial charge in [0.15, 0.2) is 0 Å². The van der Waals surface area contributed by atoms with E-state index in [0.717, 1.165) is 29.9 Å². The molecule has 0 atom stereocenters. The third kappa shape index (κ3) is 2.76. The Morgan fingerprint density at radius 3 is 2.44 bits per heavy atom. The van der Waals surface area contributed by atoms with Crippen LogP contribution in [0.2, 0.25) is 0 Å². The van der Waals surface area contributed by atoms with Gasteiger partial charge in [0.25, 0.3) is 5.91 Å². The second-order valence-corrected chi connectivity index (χ2v) is 6.82. The van der Waals surface area contributed by atoms with Crippen molar-refractivity contribution in [1.29, 1.82) is 0 Å². The minimum absolute atomic E-state index is 0.00156. The third-order valence-corrected chi connectivity index (χ3v) is 4.76. The first-order valence-electron chi connectivity index (χ1n) is 8.56. The number of amides is 2. The summed E-state index contributed by atoms with van der Waals surface area (Å²) in [5.41, 5.74) is 3.21. The first kappa shape index (κ1) is 15.7. The van der Waals surface area contributed by atoms with E-state index in [4.69, 9.17) is 0 Å². The van der Waals surface area contributed by atoms with Crippen molar-refractivity contribution in [3.8, 4) is 0 Å². The Morgan fingerprint density at radius 1 is 1.04 bits per heavy atom. The van der Waals surface area contributed by atoms with E-state index in [1.807, 2.05) is 66.4 Å². The fourth-order valence-corrected chi connectivity index (χ4v) is 3.31. The summed E-state index contributed by atoms with van der Waals surface area (Å²) in [6, 6.07) is 15.5. The highest BCUT2D eigenvalue weighted by Crippen LogP contribution is 2.40. The molecule has 1 aliphatic carbocycles. The molecule has 0 spiro atoms. The minimum atomic E-state index is -0.139. The third-order valence-electron chi connectivity index (χ3n) is 4.76. The maximum absolute atomic E-state index is 13.1. The molecule has 2 aromatic carbocycles. The smallest absolute Gasteiger partial charge is 0.258 e. The Balaban J connectivity index is 1.72. The molecule has 1 saturated carbocycles. The van der Waals surface area contributed by atoms with Gasteiger partial charge in [0.1, 0.15) is 6.54 Å². The van der Waals surface area contributed by atoms with Crippen LogP contribution in [0.15, 0.2) is 48.5 Å². The topological polar surface area (TPSA) is 43.9 Å². The number of anilines is 3. The molecule has 1 fully saturated rings. The Kier molecular flexibility index (Phi) is 3.71. The molecule has 2 aliphatic rings. The van der Waals surface area contributed by atoms with Crippen LogP contribution in [0.4, 0.5) is 17.1 Å². The molecular weight excluding hydrogens is 314 g/mol. The lowest BCUT2D eigenvalue weighted by molar-refractivity contribution is -0.117. The lowest BCUT2D eigenvalue weighted by Crippen LogP contribution is -2.49. The number of fused-ring (bicyclic) bond motifs is 1. The van der Waals surface area contributed by atoms with Crippen molar-refractivity contribution in [3.05, 3.63) is 54.1 Å². The molecule has 0 bridgehead atoms. The van der Waals surface area contributed by atoms with Gasteiger partial charge in [-0.25, -0.2) is 0 Å². The van der Waals surface area contributed by atoms with Crippen molar-refractivity contribution in [2.24, 2.45) is 0 Å².